The first-order valence-corrected chi connectivity index (χ1v) is 8.29. The third-order valence-electron chi connectivity index (χ3n) is 3.65. The summed E-state index contributed by atoms with van der Waals surface area (Å²) in [6.07, 6.45) is 4.52. The normalized spacial score (nSPS) is 19.7. The molecule has 0 aliphatic carbocycles. The van der Waals surface area contributed by atoms with Gasteiger partial charge in [0.05, 0.1) is 11.1 Å². The lowest BCUT2D eigenvalue weighted by atomic mass is 9.95. The van der Waals surface area contributed by atoms with Crippen molar-refractivity contribution in [1.29, 1.82) is 0 Å². The van der Waals surface area contributed by atoms with Crippen LogP contribution in [0.4, 0.5) is 0 Å². The molecule has 1 aromatic heterocycles. The van der Waals surface area contributed by atoms with Gasteiger partial charge in [-0.05, 0) is 42.2 Å². The van der Waals surface area contributed by atoms with Crippen LogP contribution in [0.1, 0.15) is 34.7 Å². The zero-order valence-corrected chi connectivity index (χ0v) is 12.8. The summed E-state index contributed by atoms with van der Waals surface area (Å²) >= 11 is 5.47. The van der Waals surface area contributed by atoms with Crippen molar-refractivity contribution >= 4 is 44.5 Å². The number of aromatic nitrogens is 1. The molecule has 1 amide bonds. The number of carbonyl (C=O) groups is 1. The fourth-order valence-electron chi connectivity index (χ4n) is 2.74. The Morgan fingerprint density at radius 3 is 3.00 bits per heavy atom. The molecule has 0 saturated carbocycles. The molecule has 1 aliphatic rings. The minimum atomic E-state index is -0.391. The van der Waals surface area contributed by atoms with Crippen molar-refractivity contribution < 1.29 is 4.79 Å². The molecule has 0 bridgehead atoms. The molecular formula is C14H15BrN2OS. The second kappa shape index (κ2) is 5.21. The Bertz CT molecular complexity index is 632. The Hall–Kier alpha value is -0.940. The molecule has 0 radical (unpaired) electrons. The monoisotopic (exact) mass is 338 g/mol. The summed E-state index contributed by atoms with van der Waals surface area (Å²) in [5, 5.41) is 1.12. The number of benzene rings is 1. The summed E-state index contributed by atoms with van der Waals surface area (Å²) in [5.41, 5.74) is 8.18. The number of halogens is 1. The lowest BCUT2D eigenvalue weighted by Crippen LogP contribution is -2.11. The Morgan fingerprint density at radius 2 is 2.32 bits per heavy atom. The molecule has 100 valence electrons. The molecule has 5 heteroatoms. The lowest BCUT2D eigenvalue weighted by Gasteiger charge is -2.20. The van der Waals surface area contributed by atoms with E-state index < -0.39 is 5.91 Å². The van der Waals surface area contributed by atoms with Gasteiger partial charge in [-0.1, -0.05) is 15.9 Å². The van der Waals surface area contributed by atoms with E-state index in [1.165, 1.54) is 24.2 Å². The second-order valence-corrected chi connectivity index (χ2v) is 6.96. The maximum absolute atomic E-state index is 11.5. The number of amides is 1. The Morgan fingerprint density at radius 1 is 1.47 bits per heavy atom. The van der Waals surface area contributed by atoms with Gasteiger partial charge in [0.15, 0.2) is 0 Å². The zero-order chi connectivity index (χ0) is 13.4. The summed E-state index contributed by atoms with van der Waals surface area (Å²) in [7, 11) is 0. The van der Waals surface area contributed by atoms with Crippen molar-refractivity contribution in [3.8, 4) is 0 Å². The van der Waals surface area contributed by atoms with Crippen LogP contribution in [0.15, 0.2) is 22.8 Å². The number of nitrogens with two attached hydrogens (primary N) is 1. The summed E-state index contributed by atoms with van der Waals surface area (Å²) in [5.74, 6) is 2.60. The van der Waals surface area contributed by atoms with Crippen LogP contribution in [-0.4, -0.2) is 22.4 Å². The number of fused-ring (bicyclic) bond motifs is 1. The standard InChI is InChI=1S/C14H15BrN2OS/c15-9-4-10-12(8-2-1-3-19-7-8)6-17-13(10)11(5-9)14(16)18/h4-6,8,17H,1-3,7H2,(H2,16,18). The van der Waals surface area contributed by atoms with E-state index in [9.17, 15) is 4.79 Å². The van der Waals surface area contributed by atoms with E-state index in [2.05, 4.69) is 27.0 Å². The first kappa shape index (κ1) is 13.1. The van der Waals surface area contributed by atoms with E-state index in [-0.39, 0.29) is 0 Å². The lowest BCUT2D eigenvalue weighted by molar-refractivity contribution is 0.100. The highest BCUT2D eigenvalue weighted by Gasteiger charge is 2.21. The predicted molar refractivity (Wildman–Crippen MR) is 83.8 cm³/mol. The van der Waals surface area contributed by atoms with E-state index in [4.69, 9.17) is 5.73 Å². The summed E-state index contributed by atoms with van der Waals surface area (Å²) in [4.78, 5) is 14.8. The number of thioether (sulfide) groups is 1. The van der Waals surface area contributed by atoms with Crippen molar-refractivity contribution in [2.24, 2.45) is 5.73 Å². The summed E-state index contributed by atoms with van der Waals surface area (Å²) < 4.78 is 0.901. The van der Waals surface area contributed by atoms with Gasteiger partial charge in [-0.25, -0.2) is 0 Å². The van der Waals surface area contributed by atoms with Crippen molar-refractivity contribution in [2.45, 2.75) is 18.8 Å². The van der Waals surface area contributed by atoms with Gasteiger partial charge in [0.1, 0.15) is 0 Å². The van der Waals surface area contributed by atoms with Crippen LogP contribution in [0.25, 0.3) is 10.9 Å². The highest BCUT2D eigenvalue weighted by molar-refractivity contribution is 9.10. The average molecular weight is 339 g/mol. The smallest absolute Gasteiger partial charge is 0.250 e. The number of H-pyrrole nitrogens is 1. The number of aromatic amines is 1. The molecule has 1 aromatic carbocycles. The minimum Gasteiger partial charge on any atom is -0.366 e. The van der Waals surface area contributed by atoms with Crippen molar-refractivity contribution in [3.63, 3.8) is 0 Å². The van der Waals surface area contributed by atoms with E-state index in [1.54, 1.807) is 6.07 Å². The Kier molecular flexibility index (Phi) is 3.58. The van der Waals surface area contributed by atoms with Crippen LogP contribution in [0.3, 0.4) is 0 Å². The number of nitrogens with one attached hydrogen (secondary N) is 1. The first-order chi connectivity index (χ1) is 9.16. The molecule has 0 spiro atoms. The van der Waals surface area contributed by atoms with Gasteiger partial charge in [0.25, 0.3) is 5.91 Å². The summed E-state index contributed by atoms with van der Waals surface area (Å²) in [6, 6.07) is 3.85. The molecule has 1 fully saturated rings. The molecule has 1 atom stereocenters. The van der Waals surface area contributed by atoms with E-state index in [0.29, 0.717) is 11.5 Å². The van der Waals surface area contributed by atoms with Gasteiger partial charge in [0.2, 0.25) is 0 Å². The number of hydrogen-bond acceptors (Lipinski definition) is 2. The van der Waals surface area contributed by atoms with Crippen LogP contribution in [0.2, 0.25) is 0 Å². The van der Waals surface area contributed by atoms with Crippen LogP contribution >= 0.6 is 27.7 Å². The van der Waals surface area contributed by atoms with Crippen LogP contribution < -0.4 is 5.73 Å². The molecule has 3 N–H and O–H groups in total. The molecule has 3 nitrogen and oxygen atoms in total. The average Bonchev–Trinajstić information content (AvgIpc) is 2.82. The highest BCUT2D eigenvalue weighted by Crippen LogP contribution is 2.37. The van der Waals surface area contributed by atoms with Crippen molar-refractivity contribution in [1.82, 2.24) is 4.98 Å². The van der Waals surface area contributed by atoms with Crippen LogP contribution in [0, 0.1) is 0 Å². The molecule has 3 rings (SSSR count). The topological polar surface area (TPSA) is 58.9 Å². The van der Waals surface area contributed by atoms with Gasteiger partial charge in [-0.3, -0.25) is 4.79 Å². The minimum absolute atomic E-state index is 0.391. The Labute approximate surface area is 124 Å². The molecule has 2 aromatic rings. The molecule has 2 heterocycles. The number of primary amides is 1. The molecule has 1 aliphatic heterocycles. The predicted octanol–water partition coefficient (Wildman–Crippen LogP) is 3.64. The van der Waals surface area contributed by atoms with Crippen molar-refractivity contribution in [3.05, 3.63) is 33.9 Å². The van der Waals surface area contributed by atoms with Gasteiger partial charge < -0.3 is 10.7 Å². The largest absolute Gasteiger partial charge is 0.366 e. The fourth-order valence-corrected chi connectivity index (χ4v) is 4.36. The van der Waals surface area contributed by atoms with Crippen LogP contribution in [0.5, 0.6) is 0 Å². The first-order valence-electron chi connectivity index (χ1n) is 6.35. The zero-order valence-electron chi connectivity index (χ0n) is 10.4. The van der Waals surface area contributed by atoms with Crippen LogP contribution in [-0.2, 0) is 0 Å². The SMILES string of the molecule is NC(=O)c1cc(Br)cc2c(C3CCCSC3)c[nH]c12. The third kappa shape index (κ3) is 2.41. The highest BCUT2D eigenvalue weighted by atomic mass is 79.9. The number of carbonyl (C=O) groups excluding carboxylic acids is 1. The number of rotatable bonds is 2. The molecule has 1 saturated heterocycles. The van der Waals surface area contributed by atoms with Gasteiger partial charge >= 0.3 is 0 Å². The van der Waals surface area contributed by atoms with E-state index in [1.807, 2.05) is 18.0 Å². The number of hydrogen-bond donors (Lipinski definition) is 2. The van der Waals surface area contributed by atoms with Crippen molar-refractivity contribution in [2.75, 3.05) is 11.5 Å². The van der Waals surface area contributed by atoms with E-state index >= 15 is 0 Å². The molecule has 19 heavy (non-hydrogen) atoms. The maximum Gasteiger partial charge on any atom is 0.250 e. The van der Waals surface area contributed by atoms with Gasteiger partial charge in [-0.15, -0.1) is 0 Å². The third-order valence-corrected chi connectivity index (χ3v) is 5.32. The fraction of sp³-hybridized carbons (Fsp3) is 0.357. The second-order valence-electron chi connectivity index (χ2n) is 4.90. The molecule has 1 unspecified atom stereocenters. The summed E-state index contributed by atoms with van der Waals surface area (Å²) in [6.45, 7) is 0. The van der Waals surface area contributed by atoms with Gasteiger partial charge in [0, 0.05) is 21.8 Å². The quantitative estimate of drug-likeness (QED) is 0.878. The molecular weight excluding hydrogens is 324 g/mol. The van der Waals surface area contributed by atoms with Gasteiger partial charge in [-0.2, -0.15) is 11.8 Å². The maximum atomic E-state index is 11.5. The van der Waals surface area contributed by atoms with E-state index in [0.717, 1.165) is 21.1 Å². The Balaban J connectivity index is 2.14.